The quantitative estimate of drug-likeness (QED) is 0.592. The predicted octanol–water partition coefficient (Wildman–Crippen LogP) is 3.09. The molecule has 1 amide bonds. The van der Waals surface area contributed by atoms with Crippen molar-refractivity contribution >= 4 is 23.2 Å². The molecule has 160 valence electrons. The van der Waals surface area contributed by atoms with Crippen LogP contribution in [0.15, 0.2) is 65.7 Å². The molecule has 3 aromatic rings. The van der Waals surface area contributed by atoms with Crippen LogP contribution in [0.4, 0.5) is 5.69 Å². The number of aromatic nitrogens is 3. The van der Waals surface area contributed by atoms with Gasteiger partial charge in [0.05, 0.1) is 5.69 Å². The lowest BCUT2D eigenvalue weighted by Crippen LogP contribution is -2.48. The second kappa shape index (κ2) is 9.75. The first kappa shape index (κ1) is 21.1. The van der Waals surface area contributed by atoms with Crippen molar-refractivity contribution in [1.82, 2.24) is 19.7 Å². The number of halogens is 1. The van der Waals surface area contributed by atoms with Gasteiger partial charge >= 0.3 is 0 Å². The Hall–Kier alpha value is -3.19. The zero-order valence-electron chi connectivity index (χ0n) is 17.2. The highest BCUT2D eigenvalue weighted by Crippen LogP contribution is 2.21. The highest BCUT2D eigenvalue weighted by atomic mass is 35.5. The van der Waals surface area contributed by atoms with E-state index in [2.05, 4.69) is 15.0 Å². The summed E-state index contributed by atoms with van der Waals surface area (Å²) >= 11 is 6.08. The lowest BCUT2D eigenvalue weighted by atomic mass is 10.2. The van der Waals surface area contributed by atoms with E-state index in [1.54, 1.807) is 18.5 Å². The molecule has 31 heavy (non-hydrogen) atoms. The molecule has 8 heteroatoms. The number of benzene rings is 1. The summed E-state index contributed by atoms with van der Waals surface area (Å²) in [5.74, 6) is 0.115. The highest BCUT2D eigenvalue weighted by molar-refractivity contribution is 6.30. The van der Waals surface area contributed by atoms with E-state index < -0.39 is 0 Å². The van der Waals surface area contributed by atoms with Gasteiger partial charge in [-0.15, -0.1) is 0 Å². The van der Waals surface area contributed by atoms with Gasteiger partial charge in [-0.1, -0.05) is 17.7 Å². The Kier molecular flexibility index (Phi) is 6.62. The number of hydrogen-bond acceptors (Lipinski definition) is 5. The molecule has 4 rings (SSSR count). The van der Waals surface area contributed by atoms with E-state index in [1.165, 1.54) is 10.7 Å². The molecule has 0 saturated carbocycles. The van der Waals surface area contributed by atoms with Gasteiger partial charge in [-0.2, -0.15) is 5.10 Å². The summed E-state index contributed by atoms with van der Waals surface area (Å²) in [6, 6.07) is 14.7. The fraction of sp³-hybridized carbons (Fsp3) is 0.304. The number of carbonyl (C=O) groups excluding carboxylic acids is 1. The Labute approximate surface area is 185 Å². The Balaban J connectivity index is 1.29. The van der Waals surface area contributed by atoms with Crippen LogP contribution in [0.1, 0.15) is 12.8 Å². The van der Waals surface area contributed by atoms with E-state index in [1.807, 2.05) is 41.3 Å². The maximum absolute atomic E-state index is 12.6. The number of anilines is 1. The molecule has 0 spiro atoms. The summed E-state index contributed by atoms with van der Waals surface area (Å²) in [5.41, 5.74) is 2.53. The number of rotatable bonds is 6. The van der Waals surface area contributed by atoms with Gasteiger partial charge in [0, 0.05) is 73.9 Å². The van der Waals surface area contributed by atoms with Gasteiger partial charge in [0.15, 0.2) is 0 Å². The van der Waals surface area contributed by atoms with Crippen molar-refractivity contribution in [3.63, 3.8) is 0 Å². The lowest BCUT2D eigenvalue weighted by Gasteiger charge is -2.36. The standard InChI is InChI=1S/C23H24ClN5O2/c24-19-3-1-4-20(17-19)27-13-15-28(16-14-27)22(30)5-2-12-29-23(31)7-6-21(26-29)18-8-10-25-11-9-18/h1,3-4,6-11,17H,2,5,12-16H2. The molecule has 7 nitrogen and oxygen atoms in total. The minimum atomic E-state index is -0.166. The summed E-state index contributed by atoms with van der Waals surface area (Å²) in [7, 11) is 0. The summed E-state index contributed by atoms with van der Waals surface area (Å²) in [5, 5.41) is 5.15. The molecule has 0 aliphatic carbocycles. The van der Waals surface area contributed by atoms with Crippen molar-refractivity contribution in [1.29, 1.82) is 0 Å². The number of amides is 1. The van der Waals surface area contributed by atoms with Gasteiger partial charge in [-0.25, -0.2) is 4.68 Å². The molecular weight excluding hydrogens is 414 g/mol. The Bertz CT molecular complexity index is 1090. The number of nitrogens with zero attached hydrogens (tertiary/aromatic N) is 5. The van der Waals surface area contributed by atoms with Crippen LogP contribution < -0.4 is 10.5 Å². The van der Waals surface area contributed by atoms with E-state index in [4.69, 9.17) is 11.6 Å². The smallest absolute Gasteiger partial charge is 0.266 e. The first-order valence-electron chi connectivity index (χ1n) is 10.4. The molecule has 0 bridgehead atoms. The first-order chi connectivity index (χ1) is 15.1. The number of carbonyl (C=O) groups is 1. The van der Waals surface area contributed by atoms with E-state index in [0.29, 0.717) is 43.2 Å². The highest BCUT2D eigenvalue weighted by Gasteiger charge is 2.21. The molecule has 1 aliphatic heterocycles. The van der Waals surface area contributed by atoms with Crippen molar-refractivity contribution in [2.75, 3.05) is 31.1 Å². The van der Waals surface area contributed by atoms with Gasteiger partial charge in [-0.05, 0) is 42.8 Å². The summed E-state index contributed by atoms with van der Waals surface area (Å²) in [6.45, 7) is 3.33. The number of aryl methyl sites for hydroxylation is 1. The second-order valence-electron chi connectivity index (χ2n) is 7.47. The average molecular weight is 438 g/mol. The van der Waals surface area contributed by atoms with Crippen molar-refractivity contribution in [2.45, 2.75) is 19.4 Å². The molecule has 0 atom stereocenters. The van der Waals surface area contributed by atoms with Crippen LogP contribution in [-0.4, -0.2) is 51.8 Å². The number of piperazine rings is 1. The van der Waals surface area contributed by atoms with Crippen LogP contribution in [0.5, 0.6) is 0 Å². The molecule has 1 aliphatic rings. The summed E-state index contributed by atoms with van der Waals surface area (Å²) in [6.07, 6.45) is 4.35. The van der Waals surface area contributed by atoms with E-state index in [9.17, 15) is 9.59 Å². The maximum atomic E-state index is 12.6. The van der Waals surface area contributed by atoms with Crippen LogP contribution in [0.2, 0.25) is 5.02 Å². The summed E-state index contributed by atoms with van der Waals surface area (Å²) in [4.78, 5) is 32.9. The van der Waals surface area contributed by atoms with Crippen LogP contribution >= 0.6 is 11.6 Å². The minimum Gasteiger partial charge on any atom is -0.368 e. The fourth-order valence-electron chi connectivity index (χ4n) is 3.71. The number of pyridine rings is 1. The van der Waals surface area contributed by atoms with Crippen molar-refractivity contribution in [3.8, 4) is 11.3 Å². The Morgan fingerprint density at radius 2 is 1.77 bits per heavy atom. The predicted molar refractivity (Wildman–Crippen MR) is 121 cm³/mol. The van der Waals surface area contributed by atoms with Crippen LogP contribution in [0.25, 0.3) is 11.3 Å². The van der Waals surface area contributed by atoms with Gasteiger partial charge in [0.25, 0.3) is 5.56 Å². The monoisotopic (exact) mass is 437 g/mol. The van der Waals surface area contributed by atoms with Crippen molar-refractivity contribution in [3.05, 3.63) is 76.3 Å². The van der Waals surface area contributed by atoms with E-state index in [0.717, 1.165) is 24.3 Å². The van der Waals surface area contributed by atoms with Crippen LogP contribution in [0, 0.1) is 0 Å². The topological polar surface area (TPSA) is 71.3 Å². The largest absolute Gasteiger partial charge is 0.368 e. The normalized spacial score (nSPS) is 14.0. The lowest BCUT2D eigenvalue weighted by molar-refractivity contribution is -0.131. The molecule has 3 heterocycles. The zero-order valence-corrected chi connectivity index (χ0v) is 17.9. The molecular formula is C23H24ClN5O2. The van der Waals surface area contributed by atoms with Crippen molar-refractivity contribution in [2.24, 2.45) is 0 Å². The van der Waals surface area contributed by atoms with Gasteiger partial charge in [0.2, 0.25) is 5.91 Å². The third-order valence-corrected chi connectivity index (χ3v) is 5.64. The zero-order chi connectivity index (χ0) is 21.6. The fourth-order valence-corrected chi connectivity index (χ4v) is 3.90. The van der Waals surface area contributed by atoms with Gasteiger partial charge in [-0.3, -0.25) is 14.6 Å². The minimum absolute atomic E-state index is 0.115. The molecule has 0 unspecified atom stereocenters. The maximum Gasteiger partial charge on any atom is 0.266 e. The molecule has 0 radical (unpaired) electrons. The van der Waals surface area contributed by atoms with Crippen molar-refractivity contribution < 1.29 is 4.79 Å². The van der Waals surface area contributed by atoms with E-state index >= 15 is 0 Å². The molecule has 2 aromatic heterocycles. The Morgan fingerprint density at radius 1 is 1.00 bits per heavy atom. The first-order valence-corrected chi connectivity index (χ1v) is 10.7. The van der Waals surface area contributed by atoms with Gasteiger partial charge in [0.1, 0.15) is 0 Å². The summed E-state index contributed by atoms with van der Waals surface area (Å²) < 4.78 is 1.43. The third-order valence-electron chi connectivity index (χ3n) is 5.41. The Morgan fingerprint density at radius 3 is 2.52 bits per heavy atom. The molecule has 0 N–H and O–H groups in total. The third kappa shape index (κ3) is 5.30. The van der Waals surface area contributed by atoms with Crippen LogP contribution in [0.3, 0.4) is 0 Å². The second-order valence-corrected chi connectivity index (χ2v) is 7.90. The van der Waals surface area contributed by atoms with E-state index in [-0.39, 0.29) is 11.5 Å². The SMILES string of the molecule is O=C(CCCn1nc(-c2ccncc2)ccc1=O)N1CCN(c2cccc(Cl)c2)CC1. The molecule has 1 saturated heterocycles. The van der Waals surface area contributed by atoms with Gasteiger partial charge < -0.3 is 9.80 Å². The molecule has 1 aromatic carbocycles. The number of hydrogen-bond donors (Lipinski definition) is 0. The average Bonchev–Trinajstić information content (AvgIpc) is 2.81. The molecule has 1 fully saturated rings. The van der Waals surface area contributed by atoms with Crippen LogP contribution in [-0.2, 0) is 11.3 Å².